The average molecular weight is 410 g/mol. The van der Waals surface area contributed by atoms with Gasteiger partial charge in [-0.3, -0.25) is 4.79 Å². The second kappa shape index (κ2) is 8.40. The van der Waals surface area contributed by atoms with E-state index in [1.807, 2.05) is 19.1 Å². The fourth-order valence-corrected chi connectivity index (χ4v) is 4.16. The van der Waals surface area contributed by atoms with Crippen LogP contribution in [0.3, 0.4) is 0 Å². The molecule has 148 valence electrons. The van der Waals surface area contributed by atoms with Crippen LogP contribution in [0, 0.1) is 12.7 Å². The van der Waals surface area contributed by atoms with Gasteiger partial charge in [0.15, 0.2) is 0 Å². The van der Waals surface area contributed by atoms with Crippen molar-refractivity contribution in [3.8, 4) is 0 Å². The van der Waals surface area contributed by atoms with E-state index in [0.29, 0.717) is 35.8 Å². The Morgan fingerprint density at radius 2 is 2.07 bits per heavy atom. The number of carbonyl (C=O) groups excluding carboxylic acids is 1. The maximum Gasteiger partial charge on any atom is 0.261 e. The molecule has 4 rings (SSSR count). The molecule has 0 aliphatic carbocycles. The number of aryl methyl sites for hydroxylation is 1. The van der Waals surface area contributed by atoms with Gasteiger partial charge in [0.2, 0.25) is 0 Å². The summed E-state index contributed by atoms with van der Waals surface area (Å²) in [6.45, 7) is 2.72. The molecule has 0 fully saturated rings. The highest BCUT2D eigenvalue weighted by Gasteiger charge is 2.19. The number of hydrogen-bond donors (Lipinski definition) is 2. The lowest BCUT2D eigenvalue weighted by Gasteiger charge is -2.07. The summed E-state index contributed by atoms with van der Waals surface area (Å²) >= 11 is 1.32. The molecule has 3 heterocycles. The Bertz CT molecular complexity index is 1140. The molecule has 2 N–H and O–H groups in total. The molecular formula is C21H19FN4O2S. The first-order chi connectivity index (χ1) is 14.1. The summed E-state index contributed by atoms with van der Waals surface area (Å²) in [4.78, 5) is 22.6. The molecule has 0 saturated heterocycles. The highest BCUT2D eigenvalue weighted by molar-refractivity contribution is 7.20. The zero-order valence-corrected chi connectivity index (χ0v) is 16.6. The molecule has 4 aromatic rings. The van der Waals surface area contributed by atoms with E-state index in [0.717, 1.165) is 21.5 Å². The van der Waals surface area contributed by atoms with E-state index >= 15 is 0 Å². The summed E-state index contributed by atoms with van der Waals surface area (Å²) in [5.41, 5.74) is 1.40. The molecule has 0 atom stereocenters. The SMILES string of the molecule is Cc1c(C(=O)NCCc2ccccc2F)sc2ncnc(NCc3ccco3)c12. The molecule has 29 heavy (non-hydrogen) atoms. The fourth-order valence-electron chi connectivity index (χ4n) is 3.10. The third-order valence-electron chi connectivity index (χ3n) is 4.58. The number of halogens is 1. The third-order valence-corrected chi connectivity index (χ3v) is 5.78. The molecule has 0 aliphatic rings. The summed E-state index contributed by atoms with van der Waals surface area (Å²) in [5.74, 6) is 0.988. The van der Waals surface area contributed by atoms with Crippen molar-refractivity contribution < 1.29 is 13.6 Å². The zero-order chi connectivity index (χ0) is 20.2. The van der Waals surface area contributed by atoms with Crippen molar-refractivity contribution >= 4 is 33.3 Å². The van der Waals surface area contributed by atoms with Gasteiger partial charge in [0.25, 0.3) is 5.91 Å². The lowest BCUT2D eigenvalue weighted by atomic mass is 10.1. The Balaban J connectivity index is 1.48. The van der Waals surface area contributed by atoms with Crippen LogP contribution in [-0.2, 0) is 13.0 Å². The average Bonchev–Trinajstić information content (AvgIpc) is 3.36. The van der Waals surface area contributed by atoms with Crippen LogP contribution in [0.5, 0.6) is 0 Å². The van der Waals surface area contributed by atoms with Crippen LogP contribution in [0.15, 0.2) is 53.4 Å². The van der Waals surface area contributed by atoms with Crippen molar-refractivity contribution in [3.05, 3.63) is 76.6 Å². The first-order valence-corrected chi connectivity index (χ1v) is 9.97. The van der Waals surface area contributed by atoms with Gasteiger partial charge >= 0.3 is 0 Å². The number of aromatic nitrogens is 2. The van der Waals surface area contributed by atoms with Gasteiger partial charge in [-0.25, -0.2) is 14.4 Å². The molecular weight excluding hydrogens is 391 g/mol. The van der Waals surface area contributed by atoms with E-state index in [9.17, 15) is 9.18 Å². The van der Waals surface area contributed by atoms with Crippen LogP contribution in [0.4, 0.5) is 10.2 Å². The van der Waals surface area contributed by atoms with Gasteiger partial charge in [-0.1, -0.05) is 18.2 Å². The predicted molar refractivity (Wildman–Crippen MR) is 111 cm³/mol. The van der Waals surface area contributed by atoms with Crippen LogP contribution in [0.1, 0.15) is 26.6 Å². The molecule has 6 nitrogen and oxygen atoms in total. The Morgan fingerprint density at radius 1 is 1.21 bits per heavy atom. The normalized spacial score (nSPS) is 11.0. The minimum absolute atomic E-state index is 0.196. The minimum atomic E-state index is -0.262. The highest BCUT2D eigenvalue weighted by atomic mass is 32.1. The number of benzene rings is 1. The minimum Gasteiger partial charge on any atom is -0.467 e. The molecule has 0 spiro atoms. The Hall–Kier alpha value is -3.26. The number of nitrogens with zero attached hydrogens (tertiary/aromatic N) is 2. The topological polar surface area (TPSA) is 80.0 Å². The number of anilines is 1. The van der Waals surface area contributed by atoms with Crippen LogP contribution < -0.4 is 10.6 Å². The number of thiophene rings is 1. The molecule has 0 saturated carbocycles. The standard InChI is InChI=1S/C21H19FN4O2S/c1-13-17-19(24-11-15-6-4-10-28-15)25-12-26-21(17)29-18(13)20(27)23-9-8-14-5-2-3-7-16(14)22/h2-7,10,12H,8-9,11H2,1H3,(H,23,27)(H,24,25,26). The molecule has 0 bridgehead atoms. The van der Waals surface area contributed by atoms with Crippen LogP contribution in [-0.4, -0.2) is 22.4 Å². The maximum atomic E-state index is 13.7. The molecule has 8 heteroatoms. The van der Waals surface area contributed by atoms with E-state index in [2.05, 4.69) is 20.6 Å². The first kappa shape index (κ1) is 19.1. The van der Waals surface area contributed by atoms with E-state index in [1.54, 1.807) is 24.5 Å². The molecule has 0 unspecified atom stereocenters. The second-order valence-electron chi connectivity index (χ2n) is 6.49. The van der Waals surface area contributed by atoms with Gasteiger partial charge in [-0.05, 0) is 42.7 Å². The van der Waals surface area contributed by atoms with Crippen molar-refractivity contribution in [2.45, 2.75) is 19.9 Å². The Kier molecular flexibility index (Phi) is 5.53. The van der Waals surface area contributed by atoms with Crippen molar-refractivity contribution in [2.24, 2.45) is 0 Å². The van der Waals surface area contributed by atoms with Gasteiger partial charge in [0.05, 0.1) is 23.1 Å². The van der Waals surface area contributed by atoms with E-state index in [1.165, 1.54) is 23.7 Å². The lowest BCUT2D eigenvalue weighted by molar-refractivity contribution is 0.0957. The first-order valence-electron chi connectivity index (χ1n) is 9.15. The number of carbonyl (C=O) groups is 1. The van der Waals surface area contributed by atoms with Gasteiger partial charge in [-0.2, -0.15) is 0 Å². The molecule has 1 amide bonds. The highest BCUT2D eigenvalue weighted by Crippen LogP contribution is 2.33. The van der Waals surface area contributed by atoms with Crippen LogP contribution >= 0.6 is 11.3 Å². The van der Waals surface area contributed by atoms with Gasteiger partial charge in [0.1, 0.15) is 28.6 Å². The summed E-state index contributed by atoms with van der Waals surface area (Å²) in [5, 5.41) is 6.94. The Morgan fingerprint density at radius 3 is 2.86 bits per heavy atom. The molecule has 0 radical (unpaired) electrons. The second-order valence-corrected chi connectivity index (χ2v) is 7.49. The molecule has 1 aromatic carbocycles. The van der Waals surface area contributed by atoms with Crippen molar-refractivity contribution in [1.82, 2.24) is 15.3 Å². The van der Waals surface area contributed by atoms with Gasteiger partial charge in [0, 0.05) is 6.54 Å². The van der Waals surface area contributed by atoms with Crippen molar-refractivity contribution in [1.29, 1.82) is 0 Å². The maximum absolute atomic E-state index is 13.7. The summed E-state index contributed by atoms with van der Waals surface area (Å²) in [6, 6.07) is 10.3. The number of nitrogens with one attached hydrogen (secondary N) is 2. The van der Waals surface area contributed by atoms with Crippen molar-refractivity contribution in [3.63, 3.8) is 0 Å². The number of rotatable bonds is 7. The monoisotopic (exact) mass is 410 g/mol. The fraction of sp³-hybridized carbons (Fsp3) is 0.190. The van der Waals surface area contributed by atoms with Crippen LogP contribution in [0.25, 0.3) is 10.2 Å². The Labute approximate surface area is 170 Å². The summed E-state index contributed by atoms with van der Waals surface area (Å²) in [7, 11) is 0. The van der Waals surface area contributed by atoms with E-state index in [-0.39, 0.29) is 11.7 Å². The molecule has 3 aromatic heterocycles. The lowest BCUT2D eigenvalue weighted by Crippen LogP contribution is -2.25. The van der Waals surface area contributed by atoms with E-state index in [4.69, 9.17) is 4.42 Å². The molecule has 0 aliphatic heterocycles. The number of furan rings is 1. The number of hydrogen-bond acceptors (Lipinski definition) is 6. The smallest absolute Gasteiger partial charge is 0.261 e. The zero-order valence-electron chi connectivity index (χ0n) is 15.7. The summed E-state index contributed by atoms with van der Waals surface area (Å²) in [6.07, 6.45) is 3.52. The van der Waals surface area contributed by atoms with Crippen LogP contribution in [0.2, 0.25) is 0 Å². The largest absolute Gasteiger partial charge is 0.467 e. The van der Waals surface area contributed by atoms with Gasteiger partial charge < -0.3 is 15.1 Å². The quantitative estimate of drug-likeness (QED) is 0.474. The number of fused-ring (bicyclic) bond motifs is 1. The van der Waals surface area contributed by atoms with E-state index < -0.39 is 0 Å². The van der Waals surface area contributed by atoms with Crippen molar-refractivity contribution in [2.75, 3.05) is 11.9 Å². The third kappa shape index (κ3) is 4.12. The van der Waals surface area contributed by atoms with Gasteiger partial charge in [-0.15, -0.1) is 11.3 Å². The number of amides is 1. The summed E-state index contributed by atoms with van der Waals surface area (Å²) < 4.78 is 19.1. The predicted octanol–water partition coefficient (Wildman–Crippen LogP) is 4.32.